The Labute approximate surface area is 127 Å². The molecule has 2 unspecified atom stereocenters. The number of ether oxygens (including phenoxy) is 2. The van der Waals surface area contributed by atoms with Crippen LogP contribution in [0.1, 0.15) is 45.4 Å². The van der Waals surface area contributed by atoms with Crippen molar-refractivity contribution >= 4 is 5.97 Å². The monoisotopic (exact) mass is 299 g/mol. The fourth-order valence-corrected chi connectivity index (χ4v) is 3.76. The van der Waals surface area contributed by atoms with Gasteiger partial charge in [0.15, 0.2) is 0 Å². The van der Waals surface area contributed by atoms with Crippen molar-refractivity contribution in [1.29, 1.82) is 0 Å². The number of hydrogen-bond acceptors (Lipinski definition) is 4. The molecule has 5 nitrogen and oxygen atoms in total. The van der Waals surface area contributed by atoms with Crippen molar-refractivity contribution in [1.82, 2.24) is 5.32 Å². The summed E-state index contributed by atoms with van der Waals surface area (Å²) in [6.45, 7) is 5.83. The Morgan fingerprint density at radius 3 is 2.81 bits per heavy atom. The topological polar surface area (TPSA) is 67.8 Å². The van der Waals surface area contributed by atoms with Gasteiger partial charge in [-0.15, -0.1) is 0 Å². The molecular weight excluding hydrogens is 270 g/mol. The molecule has 2 aliphatic rings. The van der Waals surface area contributed by atoms with E-state index in [0.29, 0.717) is 19.1 Å². The molecule has 0 aromatic heterocycles. The Bertz CT molecular complexity index is 330. The van der Waals surface area contributed by atoms with Gasteiger partial charge in [-0.1, -0.05) is 13.3 Å². The largest absolute Gasteiger partial charge is 0.480 e. The molecule has 0 bridgehead atoms. The van der Waals surface area contributed by atoms with Crippen molar-refractivity contribution in [3.8, 4) is 0 Å². The Hall–Kier alpha value is -0.650. The van der Waals surface area contributed by atoms with Crippen LogP contribution in [-0.2, 0) is 14.3 Å². The van der Waals surface area contributed by atoms with Gasteiger partial charge in [0.05, 0.1) is 0 Å². The second kappa shape index (κ2) is 8.11. The van der Waals surface area contributed by atoms with Crippen LogP contribution in [0.3, 0.4) is 0 Å². The van der Waals surface area contributed by atoms with Gasteiger partial charge in [0.25, 0.3) is 0 Å². The van der Waals surface area contributed by atoms with Crippen LogP contribution in [0.25, 0.3) is 0 Å². The van der Waals surface area contributed by atoms with Crippen LogP contribution in [0.4, 0.5) is 0 Å². The normalized spacial score (nSPS) is 30.6. The summed E-state index contributed by atoms with van der Waals surface area (Å²) in [6, 6.07) is 0. The Morgan fingerprint density at radius 1 is 1.38 bits per heavy atom. The van der Waals surface area contributed by atoms with Gasteiger partial charge in [-0.3, -0.25) is 4.79 Å². The lowest BCUT2D eigenvalue weighted by Gasteiger charge is -2.32. The second-order valence-electron chi connectivity index (χ2n) is 6.32. The Kier molecular flexibility index (Phi) is 6.45. The highest BCUT2D eigenvalue weighted by molar-refractivity contribution is 5.79. The minimum atomic E-state index is -0.725. The molecule has 0 radical (unpaired) electrons. The maximum absolute atomic E-state index is 11.7. The number of hydrogen-bond donors (Lipinski definition) is 2. The fourth-order valence-electron chi connectivity index (χ4n) is 3.76. The summed E-state index contributed by atoms with van der Waals surface area (Å²) >= 11 is 0. The van der Waals surface area contributed by atoms with Gasteiger partial charge in [-0.25, -0.2) is 0 Å². The molecule has 2 N–H and O–H groups in total. The van der Waals surface area contributed by atoms with Crippen molar-refractivity contribution in [3.63, 3.8) is 0 Å². The van der Waals surface area contributed by atoms with E-state index in [-0.39, 0.29) is 5.92 Å². The summed E-state index contributed by atoms with van der Waals surface area (Å²) < 4.78 is 11.1. The zero-order chi connectivity index (χ0) is 15.1. The third-order valence-electron chi connectivity index (χ3n) is 5.00. The van der Waals surface area contributed by atoms with Crippen molar-refractivity contribution < 1.29 is 19.4 Å². The molecule has 1 saturated carbocycles. The third kappa shape index (κ3) is 4.18. The number of carbonyl (C=O) groups is 1. The zero-order valence-corrected chi connectivity index (χ0v) is 13.1. The Balaban J connectivity index is 1.74. The quantitative estimate of drug-likeness (QED) is 0.671. The number of likely N-dealkylation sites (N-methyl/N-ethyl adjacent to an activating group) is 1. The molecule has 1 saturated heterocycles. The highest BCUT2D eigenvalue weighted by Crippen LogP contribution is 2.38. The van der Waals surface area contributed by atoms with Crippen LogP contribution >= 0.6 is 0 Å². The van der Waals surface area contributed by atoms with E-state index >= 15 is 0 Å². The van der Waals surface area contributed by atoms with Gasteiger partial charge >= 0.3 is 5.97 Å². The van der Waals surface area contributed by atoms with E-state index in [1.165, 1.54) is 0 Å². The van der Waals surface area contributed by atoms with Crippen LogP contribution < -0.4 is 5.32 Å². The van der Waals surface area contributed by atoms with Crippen molar-refractivity contribution in [2.45, 2.75) is 51.0 Å². The van der Waals surface area contributed by atoms with E-state index in [4.69, 9.17) is 9.47 Å². The predicted molar refractivity (Wildman–Crippen MR) is 80.4 cm³/mol. The number of carboxylic acid groups (broad SMARTS) is 1. The summed E-state index contributed by atoms with van der Waals surface area (Å²) in [4.78, 5) is 11.7. The summed E-state index contributed by atoms with van der Waals surface area (Å²) in [6.07, 6.45) is 5.72. The van der Waals surface area contributed by atoms with Crippen LogP contribution in [0, 0.1) is 11.8 Å². The molecule has 1 aliphatic carbocycles. The van der Waals surface area contributed by atoms with Gasteiger partial charge in [0.1, 0.15) is 5.54 Å². The molecule has 21 heavy (non-hydrogen) atoms. The second-order valence-corrected chi connectivity index (χ2v) is 6.32. The predicted octanol–water partition coefficient (Wildman–Crippen LogP) is 2.05. The van der Waals surface area contributed by atoms with Gasteiger partial charge in [0, 0.05) is 26.4 Å². The SMILES string of the molecule is CCNC1(C(=O)O)CCCC1CCOCC1CCOCC1. The average molecular weight is 299 g/mol. The van der Waals surface area contributed by atoms with E-state index in [1.807, 2.05) is 6.92 Å². The first-order valence-corrected chi connectivity index (χ1v) is 8.33. The summed E-state index contributed by atoms with van der Waals surface area (Å²) in [7, 11) is 0. The van der Waals surface area contributed by atoms with Crippen LogP contribution in [0.15, 0.2) is 0 Å². The maximum atomic E-state index is 11.7. The van der Waals surface area contributed by atoms with Gasteiger partial charge in [-0.05, 0) is 50.5 Å². The minimum absolute atomic E-state index is 0.185. The first-order chi connectivity index (χ1) is 10.2. The number of rotatable bonds is 8. The van der Waals surface area contributed by atoms with Crippen LogP contribution in [0.5, 0.6) is 0 Å². The standard InChI is InChI=1S/C16H29NO4/c1-2-17-16(15(18)19)8-3-4-14(16)7-11-21-12-13-5-9-20-10-6-13/h13-14,17H,2-12H2,1H3,(H,18,19). The van der Waals surface area contributed by atoms with Crippen LogP contribution in [-0.4, -0.2) is 49.6 Å². The highest BCUT2D eigenvalue weighted by Gasteiger charge is 2.48. The lowest BCUT2D eigenvalue weighted by molar-refractivity contribution is -0.147. The lowest BCUT2D eigenvalue weighted by Crippen LogP contribution is -2.54. The van der Waals surface area contributed by atoms with E-state index < -0.39 is 11.5 Å². The van der Waals surface area contributed by atoms with Crippen LogP contribution in [0.2, 0.25) is 0 Å². The molecule has 122 valence electrons. The van der Waals surface area contributed by atoms with E-state index in [1.54, 1.807) is 0 Å². The molecule has 1 heterocycles. The minimum Gasteiger partial charge on any atom is -0.480 e. The molecule has 1 aliphatic heterocycles. The van der Waals surface area contributed by atoms with E-state index in [0.717, 1.165) is 58.3 Å². The molecule has 0 aromatic carbocycles. The summed E-state index contributed by atoms with van der Waals surface area (Å²) in [5, 5.41) is 12.8. The highest BCUT2D eigenvalue weighted by atomic mass is 16.5. The first kappa shape index (κ1) is 16.7. The van der Waals surface area contributed by atoms with Crippen molar-refractivity contribution in [3.05, 3.63) is 0 Å². The molecule has 0 aromatic rings. The van der Waals surface area contributed by atoms with Crippen molar-refractivity contribution in [2.75, 3.05) is 33.0 Å². The van der Waals surface area contributed by atoms with Gasteiger partial charge in [0.2, 0.25) is 0 Å². The molecule has 0 spiro atoms. The maximum Gasteiger partial charge on any atom is 0.324 e. The average Bonchev–Trinajstić information content (AvgIpc) is 2.89. The molecule has 0 amide bonds. The summed E-state index contributed by atoms with van der Waals surface area (Å²) in [5.41, 5.74) is -0.725. The molecule has 2 atom stereocenters. The van der Waals surface area contributed by atoms with Gasteiger partial charge in [-0.2, -0.15) is 0 Å². The van der Waals surface area contributed by atoms with Crippen molar-refractivity contribution in [2.24, 2.45) is 11.8 Å². The number of carboxylic acids is 1. The fraction of sp³-hybridized carbons (Fsp3) is 0.938. The Morgan fingerprint density at radius 2 is 2.14 bits per heavy atom. The molecular formula is C16H29NO4. The molecule has 2 rings (SSSR count). The smallest absolute Gasteiger partial charge is 0.324 e. The van der Waals surface area contributed by atoms with Gasteiger partial charge < -0.3 is 19.9 Å². The number of aliphatic carboxylic acids is 1. The lowest BCUT2D eigenvalue weighted by atomic mass is 9.84. The third-order valence-corrected chi connectivity index (χ3v) is 5.00. The zero-order valence-electron chi connectivity index (χ0n) is 13.1. The van der Waals surface area contributed by atoms with E-state index in [9.17, 15) is 9.90 Å². The summed E-state index contributed by atoms with van der Waals surface area (Å²) in [5.74, 6) is 0.0984. The molecule has 5 heteroatoms. The molecule has 2 fully saturated rings. The number of nitrogens with one attached hydrogen (secondary N) is 1. The first-order valence-electron chi connectivity index (χ1n) is 8.33. The van der Waals surface area contributed by atoms with E-state index in [2.05, 4.69) is 5.32 Å².